The van der Waals surface area contributed by atoms with Crippen molar-refractivity contribution >= 4 is 28.2 Å². The lowest BCUT2D eigenvalue weighted by Crippen LogP contribution is -2.44. The molecule has 2 atom stereocenters. The fraction of sp³-hybridized carbons (Fsp3) is 0.417. The minimum Gasteiger partial charge on any atom is -0.476 e. The van der Waals surface area contributed by atoms with Gasteiger partial charge in [-0.15, -0.1) is 5.10 Å². The van der Waals surface area contributed by atoms with Crippen molar-refractivity contribution in [2.24, 2.45) is 5.92 Å². The Morgan fingerprint density at radius 1 is 1.24 bits per heavy atom. The molecule has 1 saturated heterocycles. The molecular weight excluding hydrogens is 422 g/mol. The molecule has 0 amide bonds. The smallest absolute Gasteiger partial charge is 0.231 e. The van der Waals surface area contributed by atoms with E-state index in [9.17, 15) is 4.79 Å². The minimum atomic E-state index is 0.238. The van der Waals surface area contributed by atoms with Crippen molar-refractivity contribution in [2.45, 2.75) is 32.2 Å². The molecule has 1 aliphatic carbocycles. The zero-order chi connectivity index (χ0) is 22.4. The van der Waals surface area contributed by atoms with Crippen LogP contribution in [-0.4, -0.2) is 57.8 Å². The first-order valence-electron chi connectivity index (χ1n) is 11.4. The van der Waals surface area contributed by atoms with Gasteiger partial charge in [-0.05, 0) is 31.5 Å². The van der Waals surface area contributed by atoms with E-state index in [0.29, 0.717) is 55.7 Å². The number of rotatable bonds is 5. The lowest BCUT2D eigenvalue weighted by atomic mass is 10.1. The Balaban J connectivity index is 1.32. The molecule has 0 unspecified atom stereocenters. The molecule has 4 aromatic rings. The molecule has 0 bridgehead atoms. The third-order valence-corrected chi connectivity index (χ3v) is 6.47. The van der Waals surface area contributed by atoms with Crippen LogP contribution in [0.1, 0.15) is 26.2 Å². The molecule has 4 aromatic heterocycles. The number of ether oxygens (including phenoxy) is 2. The molecule has 2 aliphatic rings. The van der Waals surface area contributed by atoms with Gasteiger partial charge in [0.2, 0.25) is 5.88 Å². The molecule has 9 heteroatoms. The molecule has 0 N–H and O–H groups in total. The van der Waals surface area contributed by atoms with Gasteiger partial charge >= 0.3 is 0 Å². The van der Waals surface area contributed by atoms with E-state index in [-0.39, 0.29) is 12.0 Å². The second-order valence-corrected chi connectivity index (χ2v) is 8.82. The van der Waals surface area contributed by atoms with E-state index in [1.165, 1.54) is 0 Å². The first-order valence-corrected chi connectivity index (χ1v) is 11.4. The van der Waals surface area contributed by atoms with E-state index in [4.69, 9.17) is 13.9 Å². The van der Waals surface area contributed by atoms with Gasteiger partial charge in [0, 0.05) is 37.6 Å². The van der Waals surface area contributed by atoms with Gasteiger partial charge in [-0.3, -0.25) is 4.79 Å². The Morgan fingerprint density at radius 3 is 3.03 bits per heavy atom. The molecule has 33 heavy (non-hydrogen) atoms. The molecule has 1 aliphatic heterocycles. The molecule has 6 rings (SSSR count). The summed E-state index contributed by atoms with van der Waals surface area (Å²) in [5, 5.41) is 5.58. The number of morpholine rings is 1. The lowest BCUT2D eigenvalue weighted by molar-refractivity contribution is -0.117. The fourth-order valence-corrected chi connectivity index (χ4v) is 4.68. The van der Waals surface area contributed by atoms with E-state index in [1.807, 2.05) is 24.3 Å². The summed E-state index contributed by atoms with van der Waals surface area (Å²) < 4.78 is 19.4. The summed E-state index contributed by atoms with van der Waals surface area (Å²) in [6, 6.07) is 7.80. The summed E-state index contributed by atoms with van der Waals surface area (Å²) in [7, 11) is 0. The molecule has 5 heterocycles. The Labute approximate surface area is 190 Å². The van der Waals surface area contributed by atoms with Gasteiger partial charge in [0.15, 0.2) is 11.4 Å². The summed E-state index contributed by atoms with van der Waals surface area (Å²) in [5.74, 6) is 2.64. The maximum atomic E-state index is 11.5. The van der Waals surface area contributed by atoms with E-state index < -0.39 is 0 Å². The minimum absolute atomic E-state index is 0.238. The summed E-state index contributed by atoms with van der Waals surface area (Å²) in [4.78, 5) is 22.9. The number of ketones is 1. The van der Waals surface area contributed by atoms with E-state index >= 15 is 0 Å². The highest BCUT2D eigenvalue weighted by atomic mass is 16.5. The number of imidazole rings is 1. The number of furan rings is 1. The number of aromatic nitrogens is 4. The maximum Gasteiger partial charge on any atom is 0.231 e. The van der Waals surface area contributed by atoms with Crippen molar-refractivity contribution in [1.82, 2.24) is 19.6 Å². The van der Waals surface area contributed by atoms with Gasteiger partial charge in [0.05, 0.1) is 37.4 Å². The standard InChI is InChI=1S/C24H25N5O4/c1-15-13-31-9-8-28(15)24-18-11-21(33-20(18)6-7-25-24)19-12-26-22-4-5-23(27-29(19)22)32-14-16-2-3-17(30)10-16/h4-7,11-12,15-16H,2-3,8-10,13-14H2,1H3/t15-,16-/m1/s1. The topological polar surface area (TPSA) is 95.0 Å². The van der Waals surface area contributed by atoms with Crippen LogP contribution in [0.5, 0.6) is 5.88 Å². The van der Waals surface area contributed by atoms with Gasteiger partial charge < -0.3 is 18.8 Å². The number of hydrogen-bond acceptors (Lipinski definition) is 8. The van der Waals surface area contributed by atoms with Crippen LogP contribution in [0.4, 0.5) is 5.82 Å². The van der Waals surface area contributed by atoms with Crippen molar-refractivity contribution in [3.63, 3.8) is 0 Å². The van der Waals surface area contributed by atoms with Gasteiger partial charge in [-0.1, -0.05) is 0 Å². The number of carbonyl (C=O) groups is 1. The van der Waals surface area contributed by atoms with Crippen LogP contribution in [0.3, 0.4) is 0 Å². The Bertz CT molecular complexity index is 1330. The molecule has 0 aromatic carbocycles. The molecule has 9 nitrogen and oxygen atoms in total. The van der Waals surface area contributed by atoms with Gasteiger partial charge in [0.1, 0.15) is 22.9 Å². The zero-order valence-corrected chi connectivity index (χ0v) is 18.4. The van der Waals surface area contributed by atoms with Crippen LogP contribution in [0.15, 0.2) is 41.1 Å². The number of carbonyl (C=O) groups excluding carboxylic acids is 1. The molecule has 1 saturated carbocycles. The Hall–Kier alpha value is -3.46. The molecule has 170 valence electrons. The number of Topliss-reactive ketones (excluding diaryl/α,β-unsaturated/α-hetero) is 1. The van der Waals surface area contributed by atoms with Gasteiger partial charge in [-0.2, -0.15) is 0 Å². The molecule has 0 spiro atoms. The number of hydrogen-bond donors (Lipinski definition) is 0. The maximum absolute atomic E-state index is 11.5. The van der Waals surface area contributed by atoms with Crippen molar-refractivity contribution < 1.29 is 18.7 Å². The number of anilines is 1. The van der Waals surface area contributed by atoms with Gasteiger partial charge in [0.25, 0.3) is 0 Å². The Kier molecular flexibility index (Phi) is 4.98. The molecular formula is C24H25N5O4. The average molecular weight is 447 g/mol. The summed E-state index contributed by atoms with van der Waals surface area (Å²) in [5.41, 5.74) is 2.21. The van der Waals surface area contributed by atoms with Crippen LogP contribution in [-0.2, 0) is 9.53 Å². The van der Waals surface area contributed by atoms with Crippen LogP contribution >= 0.6 is 0 Å². The molecule has 2 fully saturated rings. The number of fused-ring (bicyclic) bond motifs is 2. The highest BCUT2D eigenvalue weighted by Crippen LogP contribution is 2.34. The predicted molar refractivity (Wildman–Crippen MR) is 121 cm³/mol. The van der Waals surface area contributed by atoms with Crippen LogP contribution in [0.25, 0.3) is 28.1 Å². The fourth-order valence-electron chi connectivity index (χ4n) is 4.68. The molecule has 0 radical (unpaired) electrons. The number of pyridine rings is 1. The summed E-state index contributed by atoms with van der Waals surface area (Å²) in [6.45, 7) is 4.78. The third-order valence-electron chi connectivity index (χ3n) is 6.47. The first-order chi connectivity index (χ1) is 16.2. The highest BCUT2D eigenvalue weighted by Gasteiger charge is 2.25. The average Bonchev–Trinajstić information content (AvgIpc) is 3.55. The van der Waals surface area contributed by atoms with Crippen LogP contribution in [0, 0.1) is 5.92 Å². The lowest BCUT2D eigenvalue weighted by Gasteiger charge is -2.34. The quantitative estimate of drug-likeness (QED) is 0.459. The van der Waals surface area contributed by atoms with E-state index in [1.54, 1.807) is 16.9 Å². The van der Waals surface area contributed by atoms with Crippen molar-refractivity contribution in [3.8, 4) is 17.3 Å². The van der Waals surface area contributed by atoms with Crippen LogP contribution < -0.4 is 9.64 Å². The Morgan fingerprint density at radius 2 is 2.18 bits per heavy atom. The second-order valence-electron chi connectivity index (χ2n) is 8.82. The summed E-state index contributed by atoms with van der Waals surface area (Å²) in [6.07, 6.45) is 5.66. The van der Waals surface area contributed by atoms with Crippen LogP contribution in [0.2, 0.25) is 0 Å². The largest absolute Gasteiger partial charge is 0.476 e. The zero-order valence-electron chi connectivity index (χ0n) is 18.4. The monoisotopic (exact) mass is 447 g/mol. The SMILES string of the molecule is C[C@@H]1COCCN1c1nccc2oc(-c3cnc4ccc(OC[C@@H]5CCC(=O)C5)nn34)cc12. The van der Waals surface area contributed by atoms with Gasteiger partial charge in [-0.25, -0.2) is 14.5 Å². The third kappa shape index (κ3) is 3.72. The first kappa shape index (κ1) is 20.2. The highest BCUT2D eigenvalue weighted by molar-refractivity contribution is 5.92. The normalized spacial score (nSPS) is 21.4. The second kappa shape index (κ2) is 8.15. The summed E-state index contributed by atoms with van der Waals surface area (Å²) >= 11 is 0. The van der Waals surface area contributed by atoms with E-state index in [0.717, 1.165) is 35.4 Å². The van der Waals surface area contributed by atoms with Crippen molar-refractivity contribution in [1.29, 1.82) is 0 Å². The van der Waals surface area contributed by atoms with Crippen molar-refractivity contribution in [3.05, 3.63) is 36.7 Å². The number of nitrogens with zero attached hydrogens (tertiary/aromatic N) is 5. The van der Waals surface area contributed by atoms with Crippen molar-refractivity contribution in [2.75, 3.05) is 31.3 Å². The van der Waals surface area contributed by atoms with E-state index in [2.05, 4.69) is 26.9 Å². The predicted octanol–water partition coefficient (Wildman–Crippen LogP) is 3.51.